The van der Waals surface area contributed by atoms with E-state index in [1.54, 1.807) is 0 Å². The SMILES string of the molecule is CO/N=C(/C#CCO/N=C(/C)c1cccc(C(F)(F)F)c1)C(=O)OC. The van der Waals surface area contributed by atoms with E-state index in [9.17, 15) is 18.0 Å². The third-order valence-electron chi connectivity index (χ3n) is 2.71. The smallest absolute Gasteiger partial charge is 0.416 e. The molecule has 0 aliphatic rings. The standard InChI is InChI=1S/C16H15F3N2O4/c1-11(12-6-4-7-13(10-12)16(17,18)19)20-25-9-5-8-14(21-24-3)15(22)23-2/h4,6-7,10H,9H2,1-3H3/b20-11-,21-14-. The molecule has 0 aliphatic heterocycles. The van der Waals surface area contributed by atoms with E-state index in [1.165, 1.54) is 26.2 Å². The van der Waals surface area contributed by atoms with Gasteiger partial charge in [0.05, 0.1) is 18.4 Å². The summed E-state index contributed by atoms with van der Waals surface area (Å²) in [5.74, 6) is 4.05. The van der Waals surface area contributed by atoms with Gasteiger partial charge in [0.1, 0.15) is 7.11 Å². The molecule has 1 aromatic rings. The Morgan fingerprint density at radius 3 is 2.56 bits per heavy atom. The molecule has 0 N–H and O–H groups in total. The third kappa shape index (κ3) is 6.55. The Morgan fingerprint density at radius 1 is 1.24 bits per heavy atom. The van der Waals surface area contributed by atoms with Gasteiger partial charge in [-0.25, -0.2) is 4.79 Å². The normalized spacial score (nSPS) is 12.1. The largest absolute Gasteiger partial charge is 0.464 e. The number of carbonyl (C=O) groups is 1. The topological polar surface area (TPSA) is 69.5 Å². The molecular formula is C16H15F3N2O4. The summed E-state index contributed by atoms with van der Waals surface area (Å²) in [6.07, 6.45) is -4.44. The quantitative estimate of drug-likeness (QED) is 0.267. The summed E-state index contributed by atoms with van der Waals surface area (Å²) in [5, 5.41) is 7.06. The van der Waals surface area contributed by atoms with E-state index in [2.05, 4.69) is 31.7 Å². The number of ether oxygens (including phenoxy) is 1. The maximum absolute atomic E-state index is 12.7. The van der Waals surface area contributed by atoms with Crippen molar-refractivity contribution in [3.8, 4) is 11.8 Å². The summed E-state index contributed by atoms with van der Waals surface area (Å²) in [4.78, 5) is 20.6. The van der Waals surface area contributed by atoms with Gasteiger partial charge in [0.15, 0.2) is 6.61 Å². The molecule has 0 amide bonds. The van der Waals surface area contributed by atoms with Crippen molar-refractivity contribution in [3.63, 3.8) is 0 Å². The fraction of sp³-hybridized carbons (Fsp3) is 0.312. The van der Waals surface area contributed by atoms with Crippen LogP contribution in [0.5, 0.6) is 0 Å². The molecule has 0 unspecified atom stereocenters. The van der Waals surface area contributed by atoms with E-state index in [-0.39, 0.29) is 23.6 Å². The fourth-order valence-electron chi connectivity index (χ4n) is 1.55. The van der Waals surface area contributed by atoms with E-state index in [0.29, 0.717) is 0 Å². The number of nitrogens with zero attached hydrogens (tertiary/aromatic N) is 2. The molecule has 0 fully saturated rings. The van der Waals surface area contributed by atoms with Crippen molar-refractivity contribution >= 4 is 17.4 Å². The van der Waals surface area contributed by atoms with Crippen molar-refractivity contribution in [3.05, 3.63) is 35.4 Å². The average molecular weight is 356 g/mol. The van der Waals surface area contributed by atoms with Gasteiger partial charge in [-0.1, -0.05) is 28.4 Å². The Morgan fingerprint density at radius 2 is 1.96 bits per heavy atom. The van der Waals surface area contributed by atoms with Crippen LogP contribution in [-0.4, -0.2) is 38.2 Å². The van der Waals surface area contributed by atoms with Gasteiger partial charge >= 0.3 is 12.1 Å². The first-order valence-electron chi connectivity index (χ1n) is 6.82. The lowest BCUT2D eigenvalue weighted by Gasteiger charge is -2.08. The van der Waals surface area contributed by atoms with E-state index in [0.717, 1.165) is 19.2 Å². The van der Waals surface area contributed by atoms with Crippen LogP contribution in [0.4, 0.5) is 13.2 Å². The highest BCUT2D eigenvalue weighted by Gasteiger charge is 2.30. The van der Waals surface area contributed by atoms with Gasteiger partial charge < -0.3 is 14.4 Å². The number of esters is 1. The number of hydrogen-bond donors (Lipinski definition) is 0. The second-order valence-corrected chi connectivity index (χ2v) is 4.44. The van der Waals surface area contributed by atoms with Crippen LogP contribution >= 0.6 is 0 Å². The Labute approximate surface area is 142 Å². The molecule has 0 saturated carbocycles. The van der Waals surface area contributed by atoms with Crippen LogP contribution in [0.25, 0.3) is 0 Å². The van der Waals surface area contributed by atoms with E-state index < -0.39 is 17.7 Å². The zero-order chi connectivity index (χ0) is 18.9. The predicted molar refractivity (Wildman–Crippen MR) is 83.8 cm³/mol. The summed E-state index contributed by atoms with van der Waals surface area (Å²) in [6.45, 7) is 1.28. The molecular weight excluding hydrogens is 341 g/mol. The molecule has 6 nitrogen and oxygen atoms in total. The number of methoxy groups -OCH3 is 1. The summed E-state index contributed by atoms with van der Waals surface area (Å²) in [5.41, 5.74) is -0.532. The van der Waals surface area contributed by atoms with Crippen molar-refractivity contribution in [1.82, 2.24) is 0 Å². The molecule has 0 bridgehead atoms. The lowest BCUT2D eigenvalue weighted by molar-refractivity contribution is -0.137. The number of rotatable bonds is 5. The van der Waals surface area contributed by atoms with Crippen molar-refractivity contribution in [1.29, 1.82) is 0 Å². The van der Waals surface area contributed by atoms with Crippen molar-refractivity contribution in [2.24, 2.45) is 10.3 Å². The molecule has 0 atom stereocenters. The van der Waals surface area contributed by atoms with Crippen LogP contribution in [0.1, 0.15) is 18.1 Å². The van der Waals surface area contributed by atoms with E-state index in [4.69, 9.17) is 4.84 Å². The van der Waals surface area contributed by atoms with Crippen molar-refractivity contribution in [2.75, 3.05) is 20.8 Å². The fourth-order valence-corrected chi connectivity index (χ4v) is 1.55. The molecule has 0 heterocycles. The second-order valence-electron chi connectivity index (χ2n) is 4.44. The molecule has 0 aliphatic carbocycles. The summed E-state index contributed by atoms with van der Waals surface area (Å²) in [6, 6.07) is 4.69. The van der Waals surface area contributed by atoms with Crippen LogP contribution in [0.3, 0.4) is 0 Å². The zero-order valence-electron chi connectivity index (χ0n) is 13.7. The average Bonchev–Trinajstić information content (AvgIpc) is 2.59. The van der Waals surface area contributed by atoms with Crippen LogP contribution in [-0.2, 0) is 25.4 Å². The molecule has 0 radical (unpaired) electrons. The minimum Gasteiger partial charge on any atom is -0.464 e. The molecule has 1 rings (SSSR count). The number of oxime groups is 2. The van der Waals surface area contributed by atoms with Gasteiger partial charge in [0.25, 0.3) is 0 Å². The molecule has 0 aromatic heterocycles. The highest BCUT2D eigenvalue weighted by Crippen LogP contribution is 2.29. The number of benzene rings is 1. The third-order valence-corrected chi connectivity index (χ3v) is 2.71. The number of halogens is 3. The Kier molecular flexibility index (Phi) is 7.46. The van der Waals surface area contributed by atoms with Gasteiger partial charge in [0.2, 0.25) is 5.71 Å². The van der Waals surface area contributed by atoms with Gasteiger partial charge in [-0.15, -0.1) is 0 Å². The Balaban J connectivity index is 2.73. The van der Waals surface area contributed by atoms with Crippen LogP contribution < -0.4 is 0 Å². The maximum atomic E-state index is 12.7. The molecule has 0 saturated heterocycles. The number of alkyl halides is 3. The van der Waals surface area contributed by atoms with Crippen LogP contribution in [0, 0.1) is 11.8 Å². The molecule has 134 valence electrons. The molecule has 9 heteroatoms. The molecule has 1 aromatic carbocycles. The number of hydrogen-bond acceptors (Lipinski definition) is 6. The predicted octanol–water partition coefficient (Wildman–Crippen LogP) is 2.62. The second kappa shape index (κ2) is 9.32. The number of carbonyl (C=O) groups excluding carboxylic acids is 1. The molecule has 0 spiro atoms. The van der Waals surface area contributed by atoms with E-state index in [1.807, 2.05) is 0 Å². The Hall–Kier alpha value is -3.02. The first-order chi connectivity index (χ1) is 11.8. The van der Waals surface area contributed by atoms with E-state index >= 15 is 0 Å². The van der Waals surface area contributed by atoms with Gasteiger partial charge in [-0.05, 0) is 30.5 Å². The lowest BCUT2D eigenvalue weighted by atomic mass is 10.1. The highest BCUT2D eigenvalue weighted by molar-refractivity contribution is 6.43. The van der Waals surface area contributed by atoms with Gasteiger partial charge in [-0.3, -0.25) is 0 Å². The first-order valence-corrected chi connectivity index (χ1v) is 6.82. The van der Waals surface area contributed by atoms with Crippen LogP contribution in [0.2, 0.25) is 0 Å². The minimum atomic E-state index is -4.44. The zero-order valence-corrected chi connectivity index (χ0v) is 13.7. The summed E-state index contributed by atoms with van der Waals surface area (Å²) in [7, 11) is 2.40. The van der Waals surface area contributed by atoms with Crippen LogP contribution in [0.15, 0.2) is 34.6 Å². The van der Waals surface area contributed by atoms with Crippen molar-refractivity contribution < 1.29 is 32.4 Å². The minimum absolute atomic E-state index is 0.212. The summed E-state index contributed by atoms with van der Waals surface area (Å²) < 4.78 is 42.4. The monoisotopic (exact) mass is 356 g/mol. The van der Waals surface area contributed by atoms with Gasteiger partial charge in [0, 0.05) is 0 Å². The Bertz CT molecular complexity index is 731. The maximum Gasteiger partial charge on any atom is 0.416 e. The first kappa shape index (κ1) is 20.0. The molecule has 25 heavy (non-hydrogen) atoms. The van der Waals surface area contributed by atoms with Crippen molar-refractivity contribution in [2.45, 2.75) is 13.1 Å². The lowest BCUT2D eigenvalue weighted by Crippen LogP contribution is -2.14. The summed E-state index contributed by atoms with van der Waals surface area (Å²) >= 11 is 0. The highest BCUT2D eigenvalue weighted by atomic mass is 19.4. The van der Waals surface area contributed by atoms with Gasteiger partial charge in [-0.2, -0.15) is 13.2 Å².